The number of rotatable bonds is 1. The normalized spacial score (nSPS) is 20.8. The summed E-state index contributed by atoms with van der Waals surface area (Å²) in [7, 11) is 0. The summed E-state index contributed by atoms with van der Waals surface area (Å²) in [5.41, 5.74) is 1.42. The van der Waals surface area contributed by atoms with E-state index in [-0.39, 0.29) is 5.91 Å². The number of fused-ring (bicyclic) bond motifs is 1. The maximum Gasteiger partial charge on any atom is 0.260 e. The van der Waals surface area contributed by atoms with E-state index in [2.05, 4.69) is 10.3 Å². The molecule has 0 radical (unpaired) electrons. The van der Waals surface area contributed by atoms with Crippen molar-refractivity contribution in [3.8, 4) is 0 Å². The van der Waals surface area contributed by atoms with Gasteiger partial charge in [-0.3, -0.25) is 9.78 Å². The van der Waals surface area contributed by atoms with Gasteiger partial charge < -0.3 is 10.1 Å². The number of benzene rings is 1. The highest BCUT2D eigenvalue weighted by molar-refractivity contribution is 6.32. The Labute approximate surface area is 142 Å². The summed E-state index contributed by atoms with van der Waals surface area (Å²) in [6.07, 6.45) is 4.30. The molecule has 25 heavy (non-hydrogen) atoms. The molecule has 0 aliphatic carbocycles. The highest BCUT2D eigenvalue weighted by Crippen LogP contribution is 2.44. The molecule has 1 N–H and O–H groups in total. The van der Waals surface area contributed by atoms with Crippen LogP contribution in [0, 0.1) is 11.6 Å². The van der Waals surface area contributed by atoms with Gasteiger partial charge in [0.25, 0.3) is 5.91 Å². The van der Waals surface area contributed by atoms with Crippen LogP contribution in [0.3, 0.4) is 0 Å². The van der Waals surface area contributed by atoms with Crippen LogP contribution in [0.1, 0.15) is 25.0 Å². The van der Waals surface area contributed by atoms with E-state index < -0.39 is 17.2 Å². The third-order valence-electron chi connectivity index (χ3n) is 4.32. The van der Waals surface area contributed by atoms with Crippen LogP contribution in [0.4, 0.5) is 14.5 Å². The third-order valence-corrected chi connectivity index (χ3v) is 4.32. The topological polar surface area (TPSA) is 51.2 Å². The molecule has 0 saturated heterocycles. The highest BCUT2D eigenvalue weighted by Gasteiger charge is 2.38. The van der Waals surface area contributed by atoms with Crippen molar-refractivity contribution in [2.24, 2.45) is 0 Å². The van der Waals surface area contributed by atoms with Gasteiger partial charge in [-0.2, -0.15) is 0 Å². The monoisotopic (exact) mass is 340 g/mol. The van der Waals surface area contributed by atoms with Gasteiger partial charge in [-0.1, -0.05) is 0 Å². The number of nitrogens with one attached hydrogen (secondary N) is 1. The smallest absolute Gasteiger partial charge is 0.260 e. The van der Waals surface area contributed by atoms with Crippen molar-refractivity contribution in [2.75, 3.05) is 5.32 Å². The largest absolute Gasteiger partial charge is 0.482 e. The van der Waals surface area contributed by atoms with Gasteiger partial charge in [0.1, 0.15) is 23.0 Å². The van der Waals surface area contributed by atoms with E-state index in [4.69, 9.17) is 4.74 Å². The fourth-order valence-electron chi connectivity index (χ4n) is 3.17. The second kappa shape index (κ2) is 5.24. The number of allylic oxidation sites excluding steroid dienone is 1. The molecule has 0 bridgehead atoms. The highest BCUT2D eigenvalue weighted by atomic mass is 19.1. The van der Waals surface area contributed by atoms with Gasteiger partial charge in [0, 0.05) is 22.9 Å². The molecule has 0 unspecified atom stereocenters. The number of aromatic nitrogens is 1. The van der Waals surface area contributed by atoms with Gasteiger partial charge >= 0.3 is 0 Å². The summed E-state index contributed by atoms with van der Waals surface area (Å²) in [5.74, 6) is -0.943. The molecule has 2 aromatic rings. The summed E-state index contributed by atoms with van der Waals surface area (Å²) in [6.45, 7) is 3.59. The summed E-state index contributed by atoms with van der Waals surface area (Å²) in [4.78, 5) is 16.1. The number of carbonyl (C=O) groups excluding carboxylic acids is 1. The Balaban J connectivity index is 1.89. The Bertz CT molecular complexity index is 977. The van der Waals surface area contributed by atoms with Crippen LogP contribution < -0.4 is 5.32 Å². The third kappa shape index (κ3) is 2.41. The summed E-state index contributed by atoms with van der Waals surface area (Å²) >= 11 is 0. The second-order valence-corrected chi connectivity index (χ2v) is 6.41. The molecule has 0 atom stereocenters. The van der Waals surface area contributed by atoms with Crippen molar-refractivity contribution in [1.29, 1.82) is 0 Å². The van der Waals surface area contributed by atoms with Crippen LogP contribution in [0.15, 0.2) is 48.5 Å². The first-order chi connectivity index (χ1) is 11.9. The first kappa shape index (κ1) is 15.5. The molecule has 126 valence electrons. The van der Waals surface area contributed by atoms with Crippen molar-refractivity contribution < 1.29 is 18.3 Å². The minimum absolute atomic E-state index is 0.313. The van der Waals surface area contributed by atoms with Crippen LogP contribution in [-0.2, 0) is 9.53 Å². The molecule has 1 aromatic carbocycles. The first-order valence-corrected chi connectivity index (χ1v) is 7.73. The van der Waals surface area contributed by atoms with Crippen molar-refractivity contribution in [3.05, 3.63) is 71.3 Å². The number of anilines is 1. The molecule has 2 aliphatic heterocycles. The minimum atomic E-state index is -0.826. The van der Waals surface area contributed by atoms with Gasteiger partial charge in [0.05, 0.1) is 17.5 Å². The Kier molecular flexibility index (Phi) is 3.25. The number of hydrogen-bond donors (Lipinski definition) is 1. The van der Waals surface area contributed by atoms with E-state index in [1.165, 1.54) is 24.4 Å². The minimum Gasteiger partial charge on any atom is -0.482 e. The molecule has 0 spiro atoms. The van der Waals surface area contributed by atoms with E-state index in [9.17, 15) is 13.6 Å². The molecule has 2 aliphatic rings. The Morgan fingerprint density at radius 1 is 1.16 bits per heavy atom. The lowest BCUT2D eigenvalue weighted by molar-refractivity contribution is -0.111. The van der Waals surface area contributed by atoms with E-state index in [0.717, 1.165) is 6.20 Å². The van der Waals surface area contributed by atoms with Crippen LogP contribution in [0.25, 0.3) is 11.1 Å². The molecule has 6 heteroatoms. The summed E-state index contributed by atoms with van der Waals surface area (Å²) in [6, 6.07) is 5.64. The molecule has 4 rings (SSSR count). The molecule has 0 saturated carbocycles. The van der Waals surface area contributed by atoms with Crippen molar-refractivity contribution >= 4 is 22.7 Å². The van der Waals surface area contributed by atoms with Crippen LogP contribution >= 0.6 is 0 Å². The Hall–Kier alpha value is -3.02. The maximum absolute atomic E-state index is 14.2. The molecule has 0 fully saturated rings. The SMILES string of the molecule is CC1(C)OC(=C2C(=O)Nc3cc(F)ccc32)C=C1c1ccncc1F. The van der Waals surface area contributed by atoms with Crippen LogP contribution in [-0.4, -0.2) is 16.5 Å². The van der Waals surface area contributed by atoms with Gasteiger partial charge in [-0.15, -0.1) is 0 Å². The van der Waals surface area contributed by atoms with Gasteiger partial charge in [0.15, 0.2) is 0 Å². The van der Waals surface area contributed by atoms with E-state index >= 15 is 0 Å². The number of pyridine rings is 1. The summed E-state index contributed by atoms with van der Waals surface area (Å²) < 4.78 is 33.5. The van der Waals surface area contributed by atoms with Gasteiger partial charge in [-0.25, -0.2) is 8.78 Å². The Morgan fingerprint density at radius 2 is 1.96 bits per heavy atom. The molecule has 3 heterocycles. The van der Waals surface area contributed by atoms with E-state index in [1.54, 1.807) is 26.0 Å². The average molecular weight is 340 g/mol. The van der Waals surface area contributed by atoms with Crippen LogP contribution in [0.5, 0.6) is 0 Å². The number of hydrogen-bond acceptors (Lipinski definition) is 3. The van der Waals surface area contributed by atoms with Crippen molar-refractivity contribution in [2.45, 2.75) is 19.4 Å². The number of carbonyl (C=O) groups is 1. The predicted molar refractivity (Wildman–Crippen MR) is 89.3 cm³/mol. The summed E-state index contributed by atoms with van der Waals surface area (Å²) in [5, 5.41) is 2.63. The standard InChI is InChI=1S/C19H14F2N2O2/c1-19(2)13(11-5-6-22-9-14(11)21)8-16(25-19)17-12-4-3-10(20)7-15(12)23-18(17)24/h3-9H,1-2H3,(H,23,24). The lowest BCUT2D eigenvalue weighted by Gasteiger charge is -2.23. The van der Waals surface area contributed by atoms with E-state index in [1.807, 2.05) is 0 Å². The number of halogens is 2. The van der Waals surface area contributed by atoms with E-state index in [0.29, 0.717) is 33.7 Å². The molecular weight excluding hydrogens is 326 g/mol. The maximum atomic E-state index is 14.2. The zero-order valence-electron chi connectivity index (χ0n) is 13.6. The average Bonchev–Trinajstić information content (AvgIpc) is 3.02. The van der Waals surface area contributed by atoms with Gasteiger partial charge in [-0.05, 0) is 44.2 Å². The number of amides is 1. The Morgan fingerprint density at radius 3 is 2.72 bits per heavy atom. The van der Waals surface area contributed by atoms with Gasteiger partial charge in [0.2, 0.25) is 0 Å². The zero-order chi connectivity index (χ0) is 17.8. The fourth-order valence-corrected chi connectivity index (χ4v) is 3.17. The lowest BCUT2D eigenvalue weighted by Crippen LogP contribution is -2.21. The number of nitrogens with zero attached hydrogens (tertiary/aromatic N) is 1. The molecule has 4 nitrogen and oxygen atoms in total. The van der Waals surface area contributed by atoms with Crippen molar-refractivity contribution in [3.63, 3.8) is 0 Å². The molecule has 1 aromatic heterocycles. The molecular formula is C19H14F2N2O2. The lowest BCUT2D eigenvalue weighted by atomic mass is 9.92. The predicted octanol–water partition coefficient (Wildman–Crippen LogP) is 3.92. The first-order valence-electron chi connectivity index (χ1n) is 7.73. The van der Waals surface area contributed by atoms with Crippen molar-refractivity contribution in [1.82, 2.24) is 4.98 Å². The fraction of sp³-hybridized carbons (Fsp3) is 0.158. The zero-order valence-corrected chi connectivity index (χ0v) is 13.6. The second-order valence-electron chi connectivity index (χ2n) is 6.41. The van der Waals surface area contributed by atoms with Crippen LogP contribution in [0.2, 0.25) is 0 Å². The quantitative estimate of drug-likeness (QED) is 0.801. The number of ether oxygens (including phenoxy) is 1. The molecule has 1 amide bonds.